The minimum atomic E-state index is -0.0634. The lowest BCUT2D eigenvalue weighted by Crippen LogP contribution is -2.38. The fourth-order valence-corrected chi connectivity index (χ4v) is 5.13. The van der Waals surface area contributed by atoms with Crippen LogP contribution in [0.4, 0.5) is 0 Å². The molecule has 0 aromatic carbocycles. The molecule has 0 saturated heterocycles. The molecule has 0 fully saturated rings. The van der Waals surface area contributed by atoms with E-state index in [-0.39, 0.29) is 5.54 Å². The SMILES string of the molecule is COC[C@H]1Cc2sccc2C2(CCSC(N)=N2)C1. The molecule has 3 nitrogen and oxygen atoms in total. The fourth-order valence-electron chi connectivity index (χ4n) is 3.15. The van der Waals surface area contributed by atoms with Gasteiger partial charge < -0.3 is 10.5 Å². The molecule has 1 aromatic rings. The van der Waals surface area contributed by atoms with Gasteiger partial charge in [-0.25, -0.2) is 0 Å². The van der Waals surface area contributed by atoms with E-state index >= 15 is 0 Å². The average molecular weight is 282 g/mol. The molecule has 18 heavy (non-hydrogen) atoms. The van der Waals surface area contributed by atoms with Crippen LogP contribution in [0.15, 0.2) is 16.4 Å². The molecule has 0 radical (unpaired) electrons. The van der Waals surface area contributed by atoms with E-state index in [2.05, 4.69) is 11.4 Å². The third-order valence-electron chi connectivity index (χ3n) is 3.84. The standard InChI is InChI=1S/C13H18N2OS2/c1-16-8-9-6-11-10(2-4-17-11)13(7-9)3-5-18-12(14)15-13/h2,4,9H,3,5-8H2,1H3,(H2,14,15)/t9-,13?/m0/s1. The molecule has 1 aliphatic carbocycles. The summed E-state index contributed by atoms with van der Waals surface area (Å²) in [5, 5.41) is 2.94. The van der Waals surface area contributed by atoms with E-state index in [1.165, 1.54) is 10.4 Å². The van der Waals surface area contributed by atoms with E-state index in [4.69, 9.17) is 15.5 Å². The highest BCUT2D eigenvalue weighted by Gasteiger charge is 2.42. The normalized spacial score (nSPS) is 31.2. The van der Waals surface area contributed by atoms with Gasteiger partial charge in [-0.3, -0.25) is 4.99 Å². The Morgan fingerprint density at radius 1 is 1.61 bits per heavy atom. The maximum Gasteiger partial charge on any atom is 0.154 e. The first-order chi connectivity index (χ1) is 8.73. The second kappa shape index (κ2) is 4.87. The number of hydrogen-bond acceptors (Lipinski definition) is 5. The van der Waals surface area contributed by atoms with Gasteiger partial charge in [-0.1, -0.05) is 11.8 Å². The van der Waals surface area contributed by atoms with Crippen molar-refractivity contribution in [3.63, 3.8) is 0 Å². The van der Waals surface area contributed by atoms with Crippen molar-refractivity contribution in [1.29, 1.82) is 0 Å². The molecule has 1 aliphatic heterocycles. The molecule has 0 bridgehead atoms. The van der Waals surface area contributed by atoms with E-state index in [0.29, 0.717) is 5.92 Å². The maximum atomic E-state index is 5.97. The van der Waals surface area contributed by atoms with Crippen molar-refractivity contribution < 1.29 is 4.74 Å². The third kappa shape index (κ3) is 2.08. The molecule has 2 aliphatic rings. The van der Waals surface area contributed by atoms with Gasteiger partial charge in [0.1, 0.15) is 0 Å². The Hall–Kier alpha value is -0.520. The highest BCUT2D eigenvalue weighted by Crippen LogP contribution is 2.47. The second-order valence-electron chi connectivity index (χ2n) is 5.07. The summed E-state index contributed by atoms with van der Waals surface area (Å²) < 4.78 is 5.35. The number of nitrogens with two attached hydrogens (primary N) is 1. The van der Waals surface area contributed by atoms with E-state index in [1.54, 1.807) is 18.9 Å². The lowest BCUT2D eigenvalue weighted by Gasteiger charge is -2.40. The zero-order valence-corrected chi connectivity index (χ0v) is 12.1. The first kappa shape index (κ1) is 12.5. The van der Waals surface area contributed by atoms with Crippen molar-refractivity contribution in [2.45, 2.75) is 24.8 Å². The molecule has 2 heterocycles. The number of thiophene rings is 1. The molecular weight excluding hydrogens is 264 g/mol. The maximum absolute atomic E-state index is 5.97. The monoisotopic (exact) mass is 282 g/mol. The number of amidine groups is 1. The molecule has 1 unspecified atom stereocenters. The largest absolute Gasteiger partial charge is 0.384 e. The summed E-state index contributed by atoms with van der Waals surface area (Å²) in [5.74, 6) is 1.64. The number of methoxy groups -OCH3 is 1. The molecular formula is C13H18N2OS2. The second-order valence-corrected chi connectivity index (χ2v) is 7.18. The molecule has 1 aromatic heterocycles. The average Bonchev–Trinajstić information content (AvgIpc) is 2.78. The lowest BCUT2D eigenvalue weighted by molar-refractivity contribution is 0.125. The van der Waals surface area contributed by atoms with Gasteiger partial charge in [-0.2, -0.15) is 0 Å². The highest BCUT2D eigenvalue weighted by molar-refractivity contribution is 8.13. The van der Waals surface area contributed by atoms with Crippen molar-refractivity contribution in [2.24, 2.45) is 16.6 Å². The van der Waals surface area contributed by atoms with Gasteiger partial charge in [0.05, 0.1) is 5.54 Å². The zero-order valence-electron chi connectivity index (χ0n) is 10.5. The Morgan fingerprint density at radius 3 is 3.28 bits per heavy atom. The summed E-state index contributed by atoms with van der Waals surface area (Å²) in [6, 6.07) is 2.25. The Kier molecular flexibility index (Phi) is 3.38. The van der Waals surface area contributed by atoms with E-state index in [1.807, 2.05) is 11.3 Å². The summed E-state index contributed by atoms with van der Waals surface area (Å²) >= 11 is 3.53. The van der Waals surface area contributed by atoms with Gasteiger partial charge in [-0.05, 0) is 42.2 Å². The number of rotatable bonds is 2. The van der Waals surface area contributed by atoms with E-state index in [0.717, 1.165) is 36.8 Å². The van der Waals surface area contributed by atoms with Crippen LogP contribution in [0.5, 0.6) is 0 Å². The number of hydrogen-bond donors (Lipinski definition) is 1. The van der Waals surface area contributed by atoms with Gasteiger partial charge in [0, 0.05) is 24.3 Å². The smallest absolute Gasteiger partial charge is 0.154 e. The minimum absolute atomic E-state index is 0.0634. The third-order valence-corrected chi connectivity index (χ3v) is 5.58. The molecule has 5 heteroatoms. The predicted molar refractivity (Wildman–Crippen MR) is 78.4 cm³/mol. The van der Waals surface area contributed by atoms with Crippen LogP contribution in [0.2, 0.25) is 0 Å². The van der Waals surface area contributed by atoms with Crippen molar-refractivity contribution in [3.8, 4) is 0 Å². The quantitative estimate of drug-likeness (QED) is 0.907. The van der Waals surface area contributed by atoms with Crippen LogP contribution < -0.4 is 5.73 Å². The summed E-state index contributed by atoms with van der Waals surface area (Å²) in [4.78, 5) is 6.31. The molecule has 2 N–H and O–H groups in total. The van der Waals surface area contributed by atoms with Crippen LogP contribution in [0.3, 0.4) is 0 Å². The molecule has 1 spiro atoms. The lowest BCUT2D eigenvalue weighted by atomic mass is 9.74. The first-order valence-electron chi connectivity index (χ1n) is 6.27. The molecule has 0 saturated carbocycles. The fraction of sp³-hybridized carbons (Fsp3) is 0.615. The van der Waals surface area contributed by atoms with E-state index in [9.17, 15) is 0 Å². The summed E-state index contributed by atoms with van der Waals surface area (Å²) in [5.41, 5.74) is 7.33. The Morgan fingerprint density at radius 2 is 2.50 bits per heavy atom. The van der Waals surface area contributed by atoms with Gasteiger partial charge in [0.25, 0.3) is 0 Å². The van der Waals surface area contributed by atoms with Crippen molar-refractivity contribution >= 4 is 28.3 Å². The van der Waals surface area contributed by atoms with Gasteiger partial charge in [0.15, 0.2) is 5.17 Å². The van der Waals surface area contributed by atoms with Crippen LogP contribution in [-0.4, -0.2) is 24.6 Å². The highest BCUT2D eigenvalue weighted by atomic mass is 32.2. The minimum Gasteiger partial charge on any atom is -0.384 e. The molecule has 3 rings (SSSR count). The topological polar surface area (TPSA) is 47.6 Å². The number of nitrogens with zero attached hydrogens (tertiary/aromatic N) is 1. The van der Waals surface area contributed by atoms with Crippen LogP contribution >= 0.6 is 23.1 Å². The number of fused-ring (bicyclic) bond motifs is 2. The Labute approximate surface area is 116 Å². The van der Waals surface area contributed by atoms with Crippen molar-refractivity contribution in [2.75, 3.05) is 19.5 Å². The molecule has 0 amide bonds. The van der Waals surface area contributed by atoms with Crippen LogP contribution in [0.1, 0.15) is 23.3 Å². The number of aliphatic imine (C=N–C) groups is 1. The van der Waals surface area contributed by atoms with Crippen LogP contribution in [-0.2, 0) is 16.7 Å². The van der Waals surface area contributed by atoms with E-state index < -0.39 is 0 Å². The van der Waals surface area contributed by atoms with Crippen LogP contribution in [0.25, 0.3) is 0 Å². The predicted octanol–water partition coefficient (Wildman–Crippen LogP) is 2.60. The zero-order chi connectivity index (χ0) is 12.6. The number of thioether (sulfide) groups is 1. The summed E-state index contributed by atoms with van der Waals surface area (Å²) in [6.45, 7) is 0.821. The van der Waals surface area contributed by atoms with Crippen molar-refractivity contribution in [1.82, 2.24) is 0 Å². The Balaban J connectivity index is 2.01. The van der Waals surface area contributed by atoms with Gasteiger partial charge in [0.2, 0.25) is 0 Å². The number of ether oxygens (including phenoxy) is 1. The Bertz CT molecular complexity index is 471. The first-order valence-corrected chi connectivity index (χ1v) is 8.14. The summed E-state index contributed by atoms with van der Waals surface area (Å²) in [7, 11) is 1.78. The van der Waals surface area contributed by atoms with Gasteiger partial charge in [-0.15, -0.1) is 11.3 Å². The van der Waals surface area contributed by atoms with Crippen molar-refractivity contribution in [3.05, 3.63) is 21.9 Å². The van der Waals surface area contributed by atoms with Gasteiger partial charge >= 0.3 is 0 Å². The van der Waals surface area contributed by atoms with Crippen LogP contribution in [0, 0.1) is 5.92 Å². The molecule has 98 valence electrons. The molecule has 2 atom stereocenters. The summed E-state index contributed by atoms with van der Waals surface area (Å²) in [6.07, 6.45) is 3.30.